The van der Waals surface area contributed by atoms with Crippen LogP contribution in [0.15, 0.2) is 48.7 Å². The molecule has 1 fully saturated rings. The second-order valence-electron chi connectivity index (χ2n) is 6.66. The van der Waals surface area contributed by atoms with Crippen LogP contribution in [0.25, 0.3) is 0 Å². The molecule has 5 heteroatoms. The number of rotatable bonds is 6. The van der Waals surface area contributed by atoms with Crippen molar-refractivity contribution in [3.63, 3.8) is 0 Å². The predicted molar refractivity (Wildman–Crippen MR) is 98.6 cm³/mol. The van der Waals surface area contributed by atoms with Gasteiger partial charge < -0.3 is 14.6 Å². The fourth-order valence-corrected chi connectivity index (χ4v) is 3.25. The van der Waals surface area contributed by atoms with Gasteiger partial charge in [-0.3, -0.25) is 9.69 Å². The highest BCUT2D eigenvalue weighted by molar-refractivity contribution is 5.92. The Morgan fingerprint density at radius 3 is 2.48 bits per heavy atom. The molecule has 1 N–H and O–H groups in total. The van der Waals surface area contributed by atoms with Gasteiger partial charge in [0.25, 0.3) is 5.91 Å². The SMILES string of the molecule is CC[C@H](O)CN1CCN(C(=O)c2cccn2Cc2ccccc2)CC1. The lowest BCUT2D eigenvalue weighted by Crippen LogP contribution is -2.50. The number of β-amino-alcohol motifs (C(OH)–C–C–N with tert-alkyl or cyclic N) is 1. The van der Waals surface area contributed by atoms with E-state index in [1.165, 1.54) is 5.56 Å². The molecule has 1 aromatic carbocycles. The number of carbonyl (C=O) groups is 1. The van der Waals surface area contributed by atoms with E-state index >= 15 is 0 Å². The second-order valence-corrected chi connectivity index (χ2v) is 6.66. The molecule has 2 heterocycles. The highest BCUT2D eigenvalue weighted by Gasteiger charge is 2.24. The summed E-state index contributed by atoms with van der Waals surface area (Å²) in [5.74, 6) is 0.0941. The van der Waals surface area contributed by atoms with Crippen molar-refractivity contribution in [3.05, 3.63) is 59.9 Å². The summed E-state index contributed by atoms with van der Waals surface area (Å²) < 4.78 is 2.02. The van der Waals surface area contributed by atoms with Gasteiger partial charge in [-0.15, -0.1) is 0 Å². The second kappa shape index (κ2) is 8.32. The van der Waals surface area contributed by atoms with Crippen LogP contribution in [0.1, 0.15) is 29.4 Å². The van der Waals surface area contributed by atoms with Gasteiger partial charge in [-0.05, 0) is 24.1 Å². The van der Waals surface area contributed by atoms with Gasteiger partial charge in [-0.25, -0.2) is 0 Å². The zero-order chi connectivity index (χ0) is 17.6. The topological polar surface area (TPSA) is 48.7 Å². The normalized spacial score (nSPS) is 16.8. The predicted octanol–water partition coefficient (Wildman–Crippen LogP) is 2.07. The van der Waals surface area contributed by atoms with Crippen molar-refractivity contribution < 1.29 is 9.90 Å². The molecule has 5 nitrogen and oxygen atoms in total. The Balaban J connectivity index is 1.60. The van der Waals surface area contributed by atoms with Gasteiger partial charge >= 0.3 is 0 Å². The summed E-state index contributed by atoms with van der Waals surface area (Å²) in [4.78, 5) is 17.1. The van der Waals surface area contributed by atoms with E-state index in [9.17, 15) is 9.90 Å². The lowest BCUT2D eigenvalue weighted by Gasteiger charge is -2.35. The first-order chi connectivity index (χ1) is 12.2. The number of aliphatic hydroxyl groups excluding tert-OH is 1. The van der Waals surface area contributed by atoms with Crippen LogP contribution in [0.5, 0.6) is 0 Å². The number of nitrogens with zero attached hydrogens (tertiary/aromatic N) is 3. The first-order valence-corrected chi connectivity index (χ1v) is 9.06. The van der Waals surface area contributed by atoms with E-state index in [1.54, 1.807) is 0 Å². The van der Waals surface area contributed by atoms with Crippen LogP contribution in [-0.4, -0.2) is 64.2 Å². The third-order valence-corrected chi connectivity index (χ3v) is 4.84. The molecule has 0 aliphatic carbocycles. The van der Waals surface area contributed by atoms with Gasteiger partial charge in [-0.1, -0.05) is 37.3 Å². The van der Waals surface area contributed by atoms with Gasteiger partial charge in [0.15, 0.2) is 0 Å². The minimum atomic E-state index is -0.273. The van der Waals surface area contributed by atoms with E-state index in [-0.39, 0.29) is 12.0 Å². The molecule has 0 bridgehead atoms. The molecular formula is C20H27N3O2. The van der Waals surface area contributed by atoms with E-state index in [0.717, 1.165) is 25.2 Å². The molecule has 0 unspecified atom stereocenters. The molecule has 1 atom stereocenters. The van der Waals surface area contributed by atoms with Crippen LogP contribution >= 0.6 is 0 Å². The first-order valence-electron chi connectivity index (χ1n) is 9.06. The Morgan fingerprint density at radius 1 is 1.08 bits per heavy atom. The summed E-state index contributed by atoms with van der Waals surface area (Å²) >= 11 is 0. The van der Waals surface area contributed by atoms with Gasteiger partial charge in [0, 0.05) is 45.5 Å². The lowest BCUT2D eigenvalue weighted by atomic mass is 10.2. The van der Waals surface area contributed by atoms with E-state index in [1.807, 2.05) is 52.9 Å². The van der Waals surface area contributed by atoms with Crippen molar-refractivity contribution in [1.82, 2.24) is 14.4 Å². The number of hydrogen-bond acceptors (Lipinski definition) is 3. The standard InChI is InChI=1S/C20H27N3O2/c1-2-18(24)16-21-11-13-22(14-12-21)20(25)19-9-6-10-23(19)15-17-7-4-3-5-8-17/h3-10,18,24H,2,11-16H2,1H3/t18-/m0/s1. The van der Waals surface area contributed by atoms with Gasteiger partial charge in [0.2, 0.25) is 0 Å². The first kappa shape index (κ1) is 17.7. The highest BCUT2D eigenvalue weighted by atomic mass is 16.3. The highest BCUT2D eigenvalue weighted by Crippen LogP contribution is 2.13. The molecule has 1 saturated heterocycles. The van der Waals surface area contributed by atoms with Crippen molar-refractivity contribution in [1.29, 1.82) is 0 Å². The smallest absolute Gasteiger partial charge is 0.270 e. The van der Waals surface area contributed by atoms with Crippen LogP contribution in [-0.2, 0) is 6.54 Å². The number of piperazine rings is 1. The molecule has 0 radical (unpaired) electrons. The number of carbonyl (C=O) groups excluding carboxylic acids is 1. The van der Waals surface area contributed by atoms with Crippen LogP contribution in [0, 0.1) is 0 Å². The van der Waals surface area contributed by atoms with E-state index in [0.29, 0.717) is 26.2 Å². The Morgan fingerprint density at radius 2 is 1.80 bits per heavy atom. The van der Waals surface area contributed by atoms with Crippen molar-refractivity contribution in [3.8, 4) is 0 Å². The average Bonchev–Trinajstić information content (AvgIpc) is 3.10. The Hall–Kier alpha value is -2.11. The Bertz CT molecular complexity index is 675. The van der Waals surface area contributed by atoms with Crippen LogP contribution < -0.4 is 0 Å². The maximum atomic E-state index is 12.9. The van der Waals surface area contributed by atoms with Crippen molar-refractivity contribution in [2.45, 2.75) is 26.0 Å². The maximum absolute atomic E-state index is 12.9. The number of aliphatic hydroxyl groups is 1. The summed E-state index contributed by atoms with van der Waals surface area (Å²) in [5.41, 5.74) is 1.93. The van der Waals surface area contributed by atoms with Gasteiger partial charge in [-0.2, -0.15) is 0 Å². The molecule has 0 spiro atoms. The molecule has 134 valence electrons. The average molecular weight is 341 g/mol. The third kappa shape index (κ3) is 4.50. The summed E-state index contributed by atoms with van der Waals surface area (Å²) in [6.45, 7) is 6.47. The minimum Gasteiger partial charge on any atom is -0.392 e. The molecule has 1 aliphatic heterocycles. The summed E-state index contributed by atoms with van der Waals surface area (Å²) in [6, 6.07) is 14.0. The summed E-state index contributed by atoms with van der Waals surface area (Å²) in [6.07, 6.45) is 2.46. The molecule has 1 aliphatic rings. The quantitative estimate of drug-likeness (QED) is 0.875. The van der Waals surface area contributed by atoms with Crippen molar-refractivity contribution >= 4 is 5.91 Å². The molecule has 1 amide bonds. The molecular weight excluding hydrogens is 314 g/mol. The Kier molecular flexibility index (Phi) is 5.89. The fraction of sp³-hybridized carbons (Fsp3) is 0.450. The van der Waals surface area contributed by atoms with Crippen molar-refractivity contribution in [2.24, 2.45) is 0 Å². The number of amides is 1. The van der Waals surface area contributed by atoms with Gasteiger partial charge in [0.05, 0.1) is 6.10 Å². The van der Waals surface area contributed by atoms with E-state index in [2.05, 4.69) is 17.0 Å². The Labute approximate surface area is 149 Å². The zero-order valence-corrected chi connectivity index (χ0v) is 14.8. The monoisotopic (exact) mass is 341 g/mol. The summed E-state index contributed by atoms with van der Waals surface area (Å²) in [5, 5.41) is 9.79. The minimum absolute atomic E-state index is 0.0941. The number of aromatic nitrogens is 1. The van der Waals surface area contributed by atoms with Crippen molar-refractivity contribution in [2.75, 3.05) is 32.7 Å². The summed E-state index contributed by atoms with van der Waals surface area (Å²) in [7, 11) is 0. The zero-order valence-electron chi connectivity index (χ0n) is 14.8. The lowest BCUT2D eigenvalue weighted by molar-refractivity contribution is 0.0516. The van der Waals surface area contributed by atoms with E-state index in [4.69, 9.17) is 0 Å². The number of hydrogen-bond donors (Lipinski definition) is 1. The number of benzene rings is 1. The van der Waals surface area contributed by atoms with Crippen LogP contribution in [0.4, 0.5) is 0 Å². The van der Waals surface area contributed by atoms with Gasteiger partial charge in [0.1, 0.15) is 5.69 Å². The molecule has 1 aromatic heterocycles. The van der Waals surface area contributed by atoms with E-state index < -0.39 is 0 Å². The molecule has 25 heavy (non-hydrogen) atoms. The third-order valence-electron chi connectivity index (χ3n) is 4.84. The molecule has 0 saturated carbocycles. The maximum Gasteiger partial charge on any atom is 0.270 e. The fourth-order valence-electron chi connectivity index (χ4n) is 3.25. The van der Waals surface area contributed by atoms with Crippen LogP contribution in [0.2, 0.25) is 0 Å². The molecule has 2 aromatic rings. The molecule has 3 rings (SSSR count). The van der Waals surface area contributed by atoms with Crippen LogP contribution in [0.3, 0.4) is 0 Å². The largest absolute Gasteiger partial charge is 0.392 e.